The van der Waals surface area contributed by atoms with Crippen LogP contribution < -0.4 is 0 Å². The molecule has 12 heavy (non-hydrogen) atoms. The van der Waals surface area contributed by atoms with E-state index in [-0.39, 0.29) is 5.82 Å². The fraction of sp³-hybridized carbons (Fsp3) is 0.111. The summed E-state index contributed by atoms with van der Waals surface area (Å²) in [4.78, 5) is 0. The number of rotatable bonds is 0. The van der Waals surface area contributed by atoms with Gasteiger partial charge in [-0.3, -0.25) is 0 Å². The lowest BCUT2D eigenvalue weighted by Gasteiger charge is -1.93. The average Bonchev–Trinajstić information content (AvgIpc) is 2.03. The van der Waals surface area contributed by atoms with Crippen LogP contribution in [-0.4, -0.2) is 5.75 Å². The third-order valence-corrected chi connectivity index (χ3v) is 1.88. The summed E-state index contributed by atoms with van der Waals surface area (Å²) < 4.78 is 13.7. The van der Waals surface area contributed by atoms with Gasteiger partial charge in [0.1, 0.15) is 5.82 Å². The molecule has 0 unspecified atom stereocenters. The van der Waals surface area contributed by atoms with E-state index in [1.165, 1.54) is 6.07 Å². The maximum atomic E-state index is 13.0. The lowest BCUT2D eigenvalue weighted by Crippen LogP contribution is -1.82. The van der Waals surface area contributed by atoms with Crippen LogP contribution in [0, 0.1) is 17.7 Å². The van der Waals surface area contributed by atoms with E-state index in [1.54, 1.807) is 12.1 Å². The smallest absolute Gasteiger partial charge is 0.139 e. The molecule has 0 aromatic heterocycles. The minimum atomic E-state index is -0.307. The van der Waals surface area contributed by atoms with Crippen molar-refractivity contribution in [2.45, 2.75) is 0 Å². The molecule has 0 saturated carbocycles. The minimum Gasteiger partial charge on any atom is -0.206 e. The molecule has 62 valence electrons. The second-order valence-corrected chi connectivity index (χ2v) is 3.32. The maximum Gasteiger partial charge on any atom is 0.139 e. The first kappa shape index (κ1) is 9.63. The van der Waals surface area contributed by atoms with Crippen LogP contribution in [0.5, 0.6) is 0 Å². The zero-order chi connectivity index (χ0) is 8.97. The summed E-state index contributed by atoms with van der Waals surface area (Å²) in [5.74, 6) is 5.48. The van der Waals surface area contributed by atoms with Gasteiger partial charge in [0, 0.05) is 4.47 Å². The highest BCUT2D eigenvalue weighted by Gasteiger charge is 1.97. The van der Waals surface area contributed by atoms with Gasteiger partial charge in [0.25, 0.3) is 0 Å². The van der Waals surface area contributed by atoms with Crippen molar-refractivity contribution in [1.82, 2.24) is 0 Å². The van der Waals surface area contributed by atoms with Crippen LogP contribution in [0.2, 0.25) is 0 Å². The Morgan fingerprint density at radius 2 is 2.25 bits per heavy atom. The lowest BCUT2D eigenvalue weighted by molar-refractivity contribution is 0.623. The van der Waals surface area contributed by atoms with E-state index in [1.807, 2.05) is 0 Å². The standard InChI is InChI=1S/C9H6BrFS/c10-8-4-3-7(2-1-5-12)9(11)6-8/h3-4,6,12H,5H2. The van der Waals surface area contributed by atoms with Gasteiger partial charge in [-0.2, -0.15) is 12.6 Å². The van der Waals surface area contributed by atoms with Gasteiger partial charge in [-0.1, -0.05) is 27.8 Å². The zero-order valence-electron chi connectivity index (χ0n) is 6.14. The summed E-state index contributed by atoms with van der Waals surface area (Å²) in [7, 11) is 0. The van der Waals surface area contributed by atoms with E-state index in [0.717, 1.165) is 4.47 Å². The van der Waals surface area contributed by atoms with Crippen LogP contribution in [0.4, 0.5) is 4.39 Å². The molecule has 1 aromatic rings. The molecule has 0 saturated heterocycles. The summed E-state index contributed by atoms with van der Waals surface area (Å²) in [6.45, 7) is 0. The van der Waals surface area contributed by atoms with Crippen LogP contribution in [-0.2, 0) is 0 Å². The van der Waals surface area contributed by atoms with Gasteiger partial charge in [0.2, 0.25) is 0 Å². The largest absolute Gasteiger partial charge is 0.206 e. The predicted molar refractivity (Wildman–Crippen MR) is 54.8 cm³/mol. The van der Waals surface area contributed by atoms with E-state index >= 15 is 0 Å². The number of halogens is 2. The second kappa shape index (κ2) is 4.54. The maximum absolute atomic E-state index is 13.0. The Labute approximate surface area is 84.7 Å². The van der Waals surface area contributed by atoms with Crippen LogP contribution in [0.3, 0.4) is 0 Å². The van der Waals surface area contributed by atoms with Gasteiger partial charge in [-0.25, -0.2) is 4.39 Å². The molecule has 0 aliphatic carbocycles. The molecule has 0 heterocycles. The molecular formula is C9H6BrFS. The van der Waals surface area contributed by atoms with Crippen molar-refractivity contribution < 1.29 is 4.39 Å². The normalized spacial score (nSPS) is 8.92. The lowest BCUT2D eigenvalue weighted by atomic mass is 10.2. The van der Waals surface area contributed by atoms with E-state index in [0.29, 0.717) is 11.3 Å². The van der Waals surface area contributed by atoms with Crippen molar-refractivity contribution >= 4 is 28.6 Å². The number of benzene rings is 1. The molecule has 0 radical (unpaired) electrons. The molecule has 1 rings (SSSR count). The molecule has 0 atom stereocenters. The highest BCUT2D eigenvalue weighted by atomic mass is 79.9. The Hall–Kier alpha value is -0.460. The van der Waals surface area contributed by atoms with Gasteiger partial charge in [-0.15, -0.1) is 0 Å². The molecule has 0 spiro atoms. The predicted octanol–water partition coefficient (Wildman–Crippen LogP) is 2.87. The third kappa shape index (κ3) is 2.54. The first-order valence-electron chi connectivity index (χ1n) is 3.29. The van der Waals surface area contributed by atoms with Crippen LogP contribution in [0.15, 0.2) is 22.7 Å². The van der Waals surface area contributed by atoms with E-state index in [4.69, 9.17) is 0 Å². The molecule has 0 fully saturated rings. The fourth-order valence-corrected chi connectivity index (χ4v) is 1.14. The molecule has 0 N–H and O–H groups in total. The van der Waals surface area contributed by atoms with E-state index in [9.17, 15) is 4.39 Å². The summed E-state index contributed by atoms with van der Waals surface area (Å²) in [6, 6.07) is 4.78. The summed E-state index contributed by atoms with van der Waals surface area (Å²) in [5, 5.41) is 0. The highest BCUT2D eigenvalue weighted by molar-refractivity contribution is 9.10. The van der Waals surface area contributed by atoms with Crippen molar-refractivity contribution in [2.24, 2.45) is 0 Å². The third-order valence-electron chi connectivity index (χ3n) is 1.23. The molecule has 0 bridgehead atoms. The number of hydrogen-bond donors (Lipinski definition) is 1. The fourth-order valence-electron chi connectivity index (χ4n) is 0.726. The quantitative estimate of drug-likeness (QED) is 0.527. The molecule has 3 heteroatoms. The van der Waals surface area contributed by atoms with E-state index < -0.39 is 0 Å². The first-order valence-corrected chi connectivity index (χ1v) is 4.71. The van der Waals surface area contributed by atoms with Crippen molar-refractivity contribution in [2.75, 3.05) is 5.75 Å². The van der Waals surface area contributed by atoms with Gasteiger partial charge in [0.05, 0.1) is 11.3 Å². The highest BCUT2D eigenvalue weighted by Crippen LogP contribution is 2.14. The molecule has 1 aromatic carbocycles. The SMILES string of the molecule is Fc1cc(Br)ccc1C#CCS. The topological polar surface area (TPSA) is 0 Å². The molecular weight excluding hydrogens is 239 g/mol. The molecule has 0 nitrogen and oxygen atoms in total. The van der Waals surface area contributed by atoms with Crippen LogP contribution >= 0.6 is 28.6 Å². The van der Waals surface area contributed by atoms with Gasteiger partial charge in [-0.05, 0) is 18.2 Å². The van der Waals surface area contributed by atoms with Gasteiger partial charge < -0.3 is 0 Å². The minimum absolute atomic E-state index is 0.307. The second-order valence-electron chi connectivity index (χ2n) is 2.08. The number of hydrogen-bond acceptors (Lipinski definition) is 1. The summed E-state index contributed by atoms with van der Waals surface area (Å²) in [5.41, 5.74) is 0.409. The van der Waals surface area contributed by atoms with Crippen LogP contribution in [0.1, 0.15) is 5.56 Å². The zero-order valence-corrected chi connectivity index (χ0v) is 8.62. The molecule has 0 aliphatic rings. The Balaban J connectivity index is 3.01. The average molecular weight is 245 g/mol. The Morgan fingerprint density at radius 3 is 2.83 bits per heavy atom. The molecule has 0 amide bonds. The van der Waals surface area contributed by atoms with Gasteiger partial charge >= 0.3 is 0 Å². The van der Waals surface area contributed by atoms with Crippen molar-refractivity contribution in [3.63, 3.8) is 0 Å². The van der Waals surface area contributed by atoms with Crippen molar-refractivity contribution in [3.05, 3.63) is 34.1 Å². The Bertz CT molecular complexity index is 338. The van der Waals surface area contributed by atoms with Crippen molar-refractivity contribution in [3.8, 4) is 11.8 Å². The molecule has 0 aliphatic heterocycles. The monoisotopic (exact) mass is 244 g/mol. The summed E-state index contributed by atoms with van der Waals surface area (Å²) in [6.07, 6.45) is 0. The first-order chi connectivity index (χ1) is 5.74. The van der Waals surface area contributed by atoms with Crippen LogP contribution in [0.25, 0.3) is 0 Å². The van der Waals surface area contributed by atoms with Crippen molar-refractivity contribution in [1.29, 1.82) is 0 Å². The number of thiol groups is 1. The van der Waals surface area contributed by atoms with Gasteiger partial charge in [0.15, 0.2) is 0 Å². The Morgan fingerprint density at radius 1 is 1.50 bits per heavy atom. The van der Waals surface area contributed by atoms with E-state index in [2.05, 4.69) is 40.4 Å². The Kier molecular flexibility index (Phi) is 3.64. The summed E-state index contributed by atoms with van der Waals surface area (Å²) >= 11 is 7.06.